The lowest BCUT2D eigenvalue weighted by Gasteiger charge is -2.27. The third kappa shape index (κ3) is 6.00. The Labute approximate surface area is 202 Å². The molecule has 0 bridgehead atoms. The van der Waals surface area contributed by atoms with Gasteiger partial charge in [-0.25, -0.2) is 4.79 Å². The number of alkyl carbamates (subject to hydrolysis) is 1. The third-order valence-electron chi connectivity index (χ3n) is 5.65. The van der Waals surface area contributed by atoms with Gasteiger partial charge in [0, 0.05) is 6.20 Å². The van der Waals surface area contributed by atoms with E-state index in [1.165, 1.54) is 0 Å². The number of halogens is 3. The van der Waals surface area contributed by atoms with E-state index in [1.54, 1.807) is 39.0 Å². The van der Waals surface area contributed by atoms with Gasteiger partial charge in [-0.15, -0.1) is 0 Å². The van der Waals surface area contributed by atoms with Crippen LogP contribution in [0.25, 0.3) is 11.1 Å². The zero-order valence-corrected chi connectivity index (χ0v) is 19.7. The molecule has 5 nitrogen and oxygen atoms in total. The Hall–Kier alpha value is -3.39. The molecule has 0 saturated heterocycles. The van der Waals surface area contributed by atoms with E-state index in [0.29, 0.717) is 17.5 Å². The predicted molar refractivity (Wildman–Crippen MR) is 126 cm³/mol. The van der Waals surface area contributed by atoms with Crippen molar-refractivity contribution in [3.05, 3.63) is 89.2 Å². The van der Waals surface area contributed by atoms with Crippen molar-refractivity contribution in [3.63, 3.8) is 0 Å². The highest BCUT2D eigenvalue weighted by molar-refractivity contribution is 5.71. The van der Waals surface area contributed by atoms with Crippen LogP contribution in [0.15, 0.2) is 66.9 Å². The first-order chi connectivity index (χ1) is 16.5. The first-order valence-corrected chi connectivity index (χ1v) is 11.3. The molecule has 0 radical (unpaired) electrons. The standard InChI is InChI=1S/C27H27F3N2O3/c1-26(2,3)35-25(33)32-22(14-17-8-5-4-6-9-17)24-20-11-7-10-19(21(20)16-34-24)18-12-13-31-23(15-18)27(28,29)30/h4-13,15,22,24H,14,16H2,1-3H3,(H,32,33). The molecule has 1 N–H and O–H groups in total. The predicted octanol–water partition coefficient (Wildman–Crippen LogP) is 6.47. The summed E-state index contributed by atoms with van der Waals surface area (Å²) in [4.78, 5) is 16.1. The number of amides is 1. The molecule has 0 aliphatic carbocycles. The first kappa shape index (κ1) is 24.7. The maximum Gasteiger partial charge on any atom is 0.433 e. The molecule has 1 amide bonds. The van der Waals surface area contributed by atoms with Gasteiger partial charge in [-0.3, -0.25) is 4.98 Å². The van der Waals surface area contributed by atoms with Crippen molar-refractivity contribution in [2.75, 3.05) is 0 Å². The summed E-state index contributed by atoms with van der Waals surface area (Å²) in [6.45, 7) is 5.57. The zero-order chi connectivity index (χ0) is 25.2. The van der Waals surface area contributed by atoms with Gasteiger partial charge in [0.15, 0.2) is 0 Å². The molecule has 35 heavy (non-hydrogen) atoms. The van der Waals surface area contributed by atoms with E-state index in [-0.39, 0.29) is 6.61 Å². The lowest BCUT2D eigenvalue weighted by atomic mass is 9.91. The summed E-state index contributed by atoms with van der Waals surface area (Å²) in [7, 11) is 0. The molecular formula is C27H27F3N2O3. The fraction of sp³-hybridized carbons (Fsp3) is 0.333. The zero-order valence-electron chi connectivity index (χ0n) is 19.7. The molecule has 4 rings (SSSR count). The molecule has 2 unspecified atom stereocenters. The molecule has 0 saturated carbocycles. The largest absolute Gasteiger partial charge is 0.444 e. The number of nitrogens with one attached hydrogen (secondary N) is 1. The maximum absolute atomic E-state index is 13.2. The molecule has 0 spiro atoms. The molecule has 8 heteroatoms. The van der Waals surface area contributed by atoms with E-state index in [0.717, 1.165) is 29.0 Å². The van der Waals surface area contributed by atoms with Crippen LogP contribution in [0.2, 0.25) is 0 Å². The molecule has 184 valence electrons. The van der Waals surface area contributed by atoms with Crippen molar-refractivity contribution in [1.29, 1.82) is 0 Å². The maximum atomic E-state index is 13.2. The summed E-state index contributed by atoms with van der Waals surface area (Å²) >= 11 is 0. The van der Waals surface area contributed by atoms with Crippen LogP contribution < -0.4 is 5.32 Å². The second kappa shape index (κ2) is 9.70. The van der Waals surface area contributed by atoms with E-state index in [9.17, 15) is 18.0 Å². The number of alkyl halides is 3. The molecule has 0 fully saturated rings. The number of hydrogen-bond acceptors (Lipinski definition) is 4. The van der Waals surface area contributed by atoms with Gasteiger partial charge >= 0.3 is 12.3 Å². The second-order valence-corrected chi connectivity index (χ2v) is 9.47. The summed E-state index contributed by atoms with van der Waals surface area (Å²) in [5.74, 6) is 0. The van der Waals surface area contributed by atoms with Crippen molar-refractivity contribution in [3.8, 4) is 11.1 Å². The molecular weight excluding hydrogens is 457 g/mol. The van der Waals surface area contributed by atoms with Gasteiger partial charge in [-0.05, 0) is 67.1 Å². The Morgan fingerprint density at radius 3 is 2.54 bits per heavy atom. The van der Waals surface area contributed by atoms with Crippen molar-refractivity contribution in [2.24, 2.45) is 0 Å². The van der Waals surface area contributed by atoms with E-state index < -0.39 is 35.7 Å². The van der Waals surface area contributed by atoms with Crippen LogP contribution in [0, 0.1) is 0 Å². The molecule has 2 atom stereocenters. The third-order valence-corrected chi connectivity index (χ3v) is 5.65. The average molecular weight is 485 g/mol. The SMILES string of the molecule is CC(C)(C)OC(=O)NC(Cc1ccccc1)C1OCc2c(-c3ccnc(C(F)(F)F)c3)cccc21. The van der Waals surface area contributed by atoms with Crippen LogP contribution in [0.1, 0.15) is 49.3 Å². The average Bonchev–Trinajstić information content (AvgIpc) is 3.22. The Balaban J connectivity index is 1.67. The summed E-state index contributed by atoms with van der Waals surface area (Å²) in [6.07, 6.45) is -3.95. The van der Waals surface area contributed by atoms with Gasteiger partial charge in [-0.1, -0.05) is 48.5 Å². The van der Waals surface area contributed by atoms with Crippen LogP contribution in [0.5, 0.6) is 0 Å². The van der Waals surface area contributed by atoms with Gasteiger partial charge < -0.3 is 14.8 Å². The fourth-order valence-corrected chi connectivity index (χ4v) is 4.21. The van der Waals surface area contributed by atoms with E-state index in [1.807, 2.05) is 36.4 Å². The van der Waals surface area contributed by atoms with Crippen molar-refractivity contribution >= 4 is 6.09 Å². The number of hydrogen-bond donors (Lipinski definition) is 1. The summed E-state index contributed by atoms with van der Waals surface area (Å²) in [5.41, 5.74) is 2.07. The summed E-state index contributed by atoms with van der Waals surface area (Å²) in [6, 6.07) is 17.3. The highest BCUT2D eigenvalue weighted by Gasteiger charge is 2.36. The Bertz CT molecular complexity index is 1190. The number of carbonyl (C=O) groups is 1. The monoisotopic (exact) mass is 484 g/mol. The molecule has 1 aliphatic rings. The van der Waals surface area contributed by atoms with Crippen LogP contribution in [-0.2, 0) is 28.7 Å². The highest BCUT2D eigenvalue weighted by Crippen LogP contribution is 2.40. The smallest absolute Gasteiger partial charge is 0.433 e. The van der Waals surface area contributed by atoms with E-state index in [2.05, 4.69) is 10.3 Å². The minimum absolute atomic E-state index is 0.209. The molecule has 3 aromatic rings. The number of pyridine rings is 1. The molecule has 1 aliphatic heterocycles. The van der Waals surface area contributed by atoms with Gasteiger partial charge in [-0.2, -0.15) is 13.2 Å². The minimum atomic E-state index is -4.54. The van der Waals surface area contributed by atoms with Crippen LogP contribution >= 0.6 is 0 Å². The number of ether oxygens (including phenoxy) is 2. The van der Waals surface area contributed by atoms with Crippen molar-refractivity contribution < 1.29 is 27.4 Å². The number of rotatable bonds is 5. The fourth-order valence-electron chi connectivity index (χ4n) is 4.21. The summed E-state index contributed by atoms with van der Waals surface area (Å²) in [5, 5.41) is 2.95. The number of carbonyl (C=O) groups excluding carboxylic acids is 1. The number of fused-ring (bicyclic) bond motifs is 1. The highest BCUT2D eigenvalue weighted by atomic mass is 19.4. The molecule has 2 aromatic carbocycles. The van der Waals surface area contributed by atoms with E-state index >= 15 is 0 Å². The first-order valence-electron chi connectivity index (χ1n) is 11.3. The normalized spacial score (nSPS) is 16.5. The summed E-state index contributed by atoms with van der Waals surface area (Å²) < 4.78 is 51.3. The number of aromatic nitrogens is 1. The van der Waals surface area contributed by atoms with Gasteiger partial charge in [0.05, 0.1) is 12.6 Å². The lowest BCUT2D eigenvalue weighted by molar-refractivity contribution is -0.141. The quantitative estimate of drug-likeness (QED) is 0.451. The van der Waals surface area contributed by atoms with Gasteiger partial charge in [0.2, 0.25) is 0 Å². The van der Waals surface area contributed by atoms with Crippen LogP contribution in [-0.4, -0.2) is 22.7 Å². The Morgan fingerprint density at radius 2 is 1.86 bits per heavy atom. The second-order valence-electron chi connectivity index (χ2n) is 9.47. The molecule has 2 heterocycles. The topological polar surface area (TPSA) is 60.5 Å². The number of benzene rings is 2. The lowest BCUT2D eigenvalue weighted by Crippen LogP contribution is -2.43. The number of nitrogens with zero attached hydrogens (tertiary/aromatic N) is 1. The van der Waals surface area contributed by atoms with Crippen LogP contribution in [0.3, 0.4) is 0 Å². The Morgan fingerprint density at radius 1 is 1.11 bits per heavy atom. The van der Waals surface area contributed by atoms with Gasteiger partial charge in [0.1, 0.15) is 17.4 Å². The van der Waals surface area contributed by atoms with E-state index in [4.69, 9.17) is 9.47 Å². The van der Waals surface area contributed by atoms with Crippen molar-refractivity contribution in [2.45, 2.75) is 57.7 Å². The minimum Gasteiger partial charge on any atom is -0.444 e. The molecule has 1 aromatic heterocycles. The Kier molecular flexibility index (Phi) is 6.85. The van der Waals surface area contributed by atoms with Crippen LogP contribution in [0.4, 0.5) is 18.0 Å². The van der Waals surface area contributed by atoms with Crippen molar-refractivity contribution in [1.82, 2.24) is 10.3 Å². The van der Waals surface area contributed by atoms with Gasteiger partial charge in [0.25, 0.3) is 0 Å².